The third kappa shape index (κ3) is 3.22. The van der Waals surface area contributed by atoms with Crippen molar-refractivity contribution >= 4 is 55.5 Å². The molecule has 0 aliphatic carbocycles. The second-order valence-corrected chi connectivity index (χ2v) is 7.28. The average molecular weight is 369 g/mol. The number of pyridine rings is 1. The van der Waals surface area contributed by atoms with Crippen LogP contribution < -0.4 is 5.32 Å². The molecule has 0 saturated heterocycles. The fourth-order valence-corrected chi connectivity index (χ4v) is 4.29. The summed E-state index contributed by atoms with van der Waals surface area (Å²) in [4.78, 5) is 25.6. The summed E-state index contributed by atoms with van der Waals surface area (Å²) in [6.07, 6.45) is 1.75. The number of benzene rings is 1. The lowest BCUT2D eigenvalue weighted by Crippen LogP contribution is -2.14. The first-order valence-corrected chi connectivity index (χ1v) is 9.64. The first-order chi connectivity index (χ1) is 12.2. The molecule has 0 unspecified atom stereocenters. The van der Waals surface area contributed by atoms with Crippen LogP contribution in [0, 0.1) is 0 Å². The van der Waals surface area contributed by atoms with E-state index in [9.17, 15) is 4.79 Å². The van der Waals surface area contributed by atoms with Crippen LogP contribution in [0.25, 0.3) is 21.4 Å². The van der Waals surface area contributed by atoms with E-state index in [-0.39, 0.29) is 11.7 Å². The Kier molecular flexibility index (Phi) is 4.37. The Morgan fingerprint density at radius 3 is 2.88 bits per heavy atom. The maximum atomic E-state index is 12.3. The molecule has 0 saturated carbocycles. The summed E-state index contributed by atoms with van der Waals surface area (Å²) < 4.78 is 3.08. The van der Waals surface area contributed by atoms with E-state index < -0.39 is 0 Å². The highest BCUT2D eigenvalue weighted by Gasteiger charge is 2.13. The smallest absolute Gasteiger partial charge is 0.236 e. The largest absolute Gasteiger partial charge is 0.304 e. The number of carbonyl (C=O) groups is 1. The van der Waals surface area contributed by atoms with Crippen molar-refractivity contribution in [2.75, 3.05) is 11.1 Å². The molecule has 1 N–H and O–H groups in total. The molecule has 3 heterocycles. The topological polar surface area (TPSA) is 72.7 Å². The van der Waals surface area contributed by atoms with Gasteiger partial charge < -0.3 is 9.88 Å². The standard InChI is InChI=1S/C17H15N5OS2/c1-2-22-15-12(7-5-9-18-15)20-17(22)24-10-14(23)21-16-19-11-6-3-4-8-13(11)25-16/h3-9H,2,10H2,1H3,(H,19,21,23). The fourth-order valence-electron chi connectivity index (χ4n) is 2.54. The Balaban J connectivity index is 1.46. The van der Waals surface area contributed by atoms with Gasteiger partial charge in [0, 0.05) is 12.7 Å². The number of nitrogens with zero attached hydrogens (tertiary/aromatic N) is 4. The van der Waals surface area contributed by atoms with E-state index in [0.29, 0.717) is 5.13 Å². The molecule has 8 heteroatoms. The number of hydrogen-bond acceptors (Lipinski definition) is 6. The van der Waals surface area contributed by atoms with Crippen LogP contribution in [0.3, 0.4) is 0 Å². The van der Waals surface area contributed by atoms with Gasteiger partial charge in [-0.3, -0.25) is 4.79 Å². The van der Waals surface area contributed by atoms with Crippen molar-refractivity contribution in [1.29, 1.82) is 0 Å². The molecule has 1 amide bonds. The van der Waals surface area contributed by atoms with E-state index in [1.165, 1.54) is 23.1 Å². The first kappa shape index (κ1) is 16.0. The van der Waals surface area contributed by atoms with Crippen LogP contribution in [0.2, 0.25) is 0 Å². The first-order valence-electron chi connectivity index (χ1n) is 7.84. The number of aryl methyl sites for hydroxylation is 1. The molecular formula is C17H15N5OS2. The number of nitrogens with one attached hydrogen (secondary N) is 1. The molecule has 0 bridgehead atoms. The van der Waals surface area contributed by atoms with Crippen LogP contribution in [0.1, 0.15) is 6.92 Å². The predicted molar refractivity (Wildman–Crippen MR) is 102 cm³/mol. The number of fused-ring (bicyclic) bond motifs is 2. The van der Waals surface area contributed by atoms with Crippen molar-refractivity contribution < 1.29 is 4.79 Å². The van der Waals surface area contributed by atoms with Gasteiger partial charge in [0.15, 0.2) is 15.9 Å². The van der Waals surface area contributed by atoms with Crippen molar-refractivity contribution in [3.8, 4) is 0 Å². The van der Waals surface area contributed by atoms with Crippen LogP contribution in [0.4, 0.5) is 5.13 Å². The lowest BCUT2D eigenvalue weighted by Gasteiger charge is -2.04. The SMILES string of the molecule is CCn1c(SCC(=O)Nc2nc3ccccc3s2)nc2cccnc21. The molecule has 3 aromatic heterocycles. The van der Waals surface area contributed by atoms with Gasteiger partial charge in [0.1, 0.15) is 5.52 Å². The summed E-state index contributed by atoms with van der Waals surface area (Å²) in [6, 6.07) is 11.6. The van der Waals surface area contributed by atoms with E-state index >= 15 is 0 Å². The molecule has 0 aliphatic rings. The summed E-state index contributed by atoms with van der Waals surface area (Å²) in [5.41, 5.74) is 2.59. The van der Waals surface area contributed by atoms with Crippen LogP contribution in [0.15, 0.2) is 47.8 Å². The highest BCUT2D eigenvalue weighted by Crippen LogP contribution is 2.26. The van der Waals surface area contributed by atoms with Gasteiger partial charge in [-0.25, -0.2) is 15.0 Å². The molecule has 0 aliphatic heterocycles. The quantitative estimate of drug-likeness (QED) is 0.542. The van der Waals surface area contributed by atoms with Crippen molar-refractivity contribution in [1.82, 2.24) is 19.5 Å². The number of thioether (sulfide) groups is 1. The second kappa shape index (κ2) is 6.81. The van der Waals surface area contributed by atoms with Crippen molar-refractivity contribution in [3.63, 3.8) is 0 Å². The zero-order valence-electron chi connectivity index (χ0n) is 13.5. The number of imidazole rings is 1. The Labute approximate surface area is 152 Å². The summed E-state index contributed by atoms with van der Waals surface area (Å²) >= 11 is 2.88. The number of aromatic nitrogens is 4. The van der Waals surface area contributed by atoms with Gasteiger partial charge in [-0.2, -0.15) is 0 Å². The Hall–Kier alpha value is -2.45. The van der Waals surface area contributed by atoms with Gasteiger partial charge in [-0.1, -0.05) is 35.2 Å². The molecule has 6 nitrogen and oxygen atoms in total. The highest BCUT2D eigenvalue weighted by molar-refractivity contribution is 7.99. The molecule has 25 heavy (non-hydrogen) atoms. The van der Waals surface area contributed by atoms with Crippen molar-refractivity contribution in [2.24, 2.45) is 0 Å². The number of thiazole rings is 1. The van der Waals surface area contributed by atoms with Gasteiger partial charge in [0.25, 0.3) is 0 Å². The summed E-state index contributed by atoms with van der Waals surface area (Å²) in [7, 11) is 0. The van der Waals surface area contributed by atoms with Gasteiger partial charge in [0.2, 0.25) is 5.91 Å². The lowest BCUT2D eigenvalue weighted by molar-refractivity contribution is -0.113. The van der Waals surface area contributed by atoms with Crippen molar-refractivity contribution in [2.45, 2.75) is 18.6 Å². The summed E-state index contributed by atoms with van der Waals surface area (Å²) in [6.45, 7) is 2.80. The molecule has 0 spiro atoms. The van der Waals surface area contributed by atoms with Gasteiger partial charge in [-0.15, -0.1) is 0 Å². The Morgan fingerprint density at radius 2 is 2.04 bits per heavy atom. The molecule has 0 radical (unpaired) electrons. The minimum Gasteiger partial charge on any atom is -0.304 e. The molecule has 4 rings (SSSR count). The number of rotatable bonds is 5. The monoisotopic (exact) mass is 369 g/mol. The predicted octanol–water partition coefficient (Wildman–Crippen LogP) is 3.79. The fraction of sp³-hybridized carbons (Fsp3) is 0.176. The van der Waals surface area contributed by atoms with Gasteiger partial charge in [-0.05, 0) is 31.2 Å². The van der Waals surface area contributed by atoms with Gasteiger partial charge in [0.05, 0.1) is 16.0 Å². The Morgan fingerprint density at radius 1 is 1.20 bits per heavy atom. The van der Waals surface area contributed by atoms with Crippen molar-refractivity contribution in [3.05, 3.63) is 42.6 Å². The number of carbonyl (C=O) groups excluding carboxylic acids is 1. The maximum absolute atomic E-state index is 12.3. The molecule has 0 atom stereocenters. The molecule has 126 valence electrons. The number of para-hydroxylation sites is 1. The molecule has 4 aromatic rings. The average Bonchev–Trinajstić information content (AvgIpc) is 3.19. The maximum Gasteiger partial charge on any atom is 0.236 e. The third-order valence-corrected chi connectivity index (χ3v) is 5.59. The van der Waals surface area contributed by atoms with Crippen LogP contribution in [-0.2, 0) is 11.3 Å². The van der Waals surface area contributed by atoms with E-state index in [4.69, 9.17) is 0 Å². The zero-order chi connectivity index (χ0) is 17.2. The highest BCUT2D eigenvalue weighted by atomic mass is 32.2. The van der Waals surface area contributed by atoms with Crippen LogP contribution in [-0.4, -0.2) is 31.2 Å². The molecular weight excluding hydrogens is 354 g/mol. The normalized spacial score (nSPS) is 11.2. The minimum atomic E-state index is -0.0910. The molecule has 1 aromatic carbocycles. The van der Waals surface area contributed by atoms with E-state index in [0.717, 1.165) is 33.1 Å². The van der Waals surface area contributed by atoms with Crippen LogP contribution >= 0.6 is 23.1 Å². The number of anilines is 1. The second-order valence-electron chi connectivity index (χ2n) is 5.31. The molecule has 0 fully saturated rings. The van der Waals surface area contributed by atoms with Crippen LogP contribution in [0.5, 0.6) is 0 Å². The Bertz CT molecular complexity index is 1020. The number of hydrogen-bond donors (Lipinski definition) is 1. The van der Waals surface area contributed by atoms with Gasteiger partial charge >= 0.3 is 0 Å². The van der Waals surface area contributed by atoms with E-state index in [1.807, 2.05) is 47.9 Å². The number of amides is 1. The van der Waals surface area contributed by atoms with E-state index in [2.05, 4.69) is 20.3 Å². The third-order valence-electron chi connectivity index (χ3n) is 3.66. The van der Waals surface area contributed by atoms with E-state index in [1.54, 1.807) is 6.20 Å². The zero-order valence-corrected chi connectivity index (χ0v) is 15.1. The lowest BCUT2D eigenvalue weighted by atomic mass is 10.3. The summed E-state index contributed by atoms with van der Waals surface area (Å²) in [5, 5.41) is 4.29. The summed E-state index contributed by atoms with van der Waals surface area (Å²) in [5.74, 6) is 0.186. The minimum absolute atomic E-state index is 0.0910.